The summed E-state index contributed by atoms with van der Waals surface area (Å²) in [5.41, 5.74) is 7.18. The van der Waals surface area contributed by atoms with Crippen LogP contribution in [-0.4, -0.2) is 44.1 Å². The molecule has 0 heterocycles. The average molecular weight is 421 g/mol. The van der Waals surface area contributed by atoms with Gasteiger partial charge in [-0.05, 0) is 31.5 Å². The number of esters is 1. The van der Waals surface area contributed by atoms with E-state index >= 15 is 0 Å². The number of carbonyl (C=O) groups excluding carboxylic acids is 1. The Hall–Kier alpha value is -1.51. The molecule has 0 aliphatic carbocycles. The fourth-order valence-corrected chi connectivity index (χ4v) is 1.94. The van der Waals surface area contributed by atoms with Crippen LogP contribution in [-0.2, 0) is 11.3 Å². The molecule has 1 aromatic carbocycles. The minimum Gasteiger partial charge on any atom is -0.496 e. The van der Waals surface area contributed by atoms with Gasteiger partial charge in [0.15, 0.2) is 5.96 Å². The largest absolute Gasteiger partial charge is 0.496 e. The standard InChI is InChI=1S/C15H23N3O3.HI/c1-5-18(6-2)15(16)17-10-11-7-8-13(20-3)12(9-11)14(19)21-4;/h7-9H,5-6,10H2,1-4H3,(H2,16,17);1H. The van der Waals surface area contributed by atoms with E-state index in [1.54, 1.807) is 12.1 Å². The molecule has 6 nitrogen and oxygen atoms in total. The first-order valence-corrected chi connectivity index (χ1v) is 6.87. The van der Waals surface area contributed by atoms with Gasteiger partial charge in [-0.15, -0.1) is 24.0 Å². The summed E-state index contributed by atoms with van der Waals surface area (Å²) in [5.74, 6) is 0.538. The van der Waals surface area contributed by atoms with E-state index in [1.165, 1.54) is 14.2 Å². The quantitative estimate of drug-likeness (QED) is 0.330. The summed E-state index contributed by atoms with van der Waals surface area (Å²) in [5, 5.41) is 0. The van der Waals surface area contributed by atoms with Gasteiger partial charge < -0.3 is 20.1 Å². The zero-order valence-electron chi connectivity index (χ0n) is 13.5. The second-order valence-electron chi connectivity index (χ2n) is 4.37. The van der Waals surface area contributed by atoms with Crippen LogP contribution in [0.1, 0.15) is 29.8 Å². The Morgan fingerprint density at radius 2 is 1.91 bits per heavy atom. The van der Waals surface area contributed by atoms with E-state index in [0.717, 1.165) is 18.7 Å². The zero-order valence-corrected chi connectivity index (χ0v) is 15.8. The summed E-state index contributed by atoms with van der Waals surface area (Å²) in [7, 11) is 2.85. The maximum atomic E-state index is 11.7. The van der Waals surface area contributed by atoms with Crippen LogP contribution < -0.4 is 10.5 Å². The normalized spacial score (nSPS) is 10.6. The highest BCUT2D eigenvalue weighted by Crippen LogP contribution is 2.21. The molecule has 124 valence electrons. The van der Waals surface area contributed by atoms with E-state index in [-0.39, 0.29) is 24.0 Å². The van der Waals surface area contributed by atoms with Crippen LogP contribution in [0.4, 0.5) is 0 Å². The highest BCUT2D eigenvalue weighted by molar-refractivity contribution is 14.0. The monoisotopic (exact) mass is 421 g/mol. The predicted octanol–water partition coefficient (Wildman–Crippen LogP) is 2.26. The maximum absolute atomic E-state index is 11.7. The molecule has 0 fully saturated rings. The van der Waals surface area contributed by atoms with Gasteiger partial charge in [0, 0.05) is 13.1 Å². The van der Waals surface area contributed by atoms with E-state index in [0.29, 0.717) is 23.8 Å². The molecular weight excluding hydrogens is 397 g/mol. The Morgan fingerprint density at radius 3 is 2.41 bits per heavy atom. The van der Waals surface area contributed by atoms with Gasteiger partial charge in [-0.2, -0.15) is 0 Å². The molecule has 7 heteroatoms. The number of hydrogen-bond donors (Lipinski definition) is 1. The van der Waals surface area contributed by atoms with Gasteiger partial charge in [-0.1, -0.05) is 6.07 Å². The second kappa shape index (κ2) is 10.3. The molecule has 0 radical (unpaired) electrons. The Balaban J connectivity index is 0.00000441. The SMILES string of the molecule is CCN(CC)C(N)=NCc1ccc(OC)c(C(=O)OC)c1.I. The molecule has 0 saturated heterocycles. The van der Waals surface area contributed by atoms with Crippen LogP contribution in [0.15, 0.2) is 23.2 Å². The van der Waals surface area contributed by atoms with Crippen LogP contribution in [0, 0.1) is 0 Å². The summed E-state index contributed by atoms with van der Waals surface area (Å²) < 4.78 is 9.90. The van der Waals surface area contributed by atoms with Crippen molar-refractivity contribution in [3.05, 3.63) is 29.3 Å². The summed E-state index contributed by atoms with van der Waals surface area (Å²) in [6.45, 7) is 6.06. The first-order valence-electron chi connectivity index (χ1n) is 6.87. The Morgan fingerprint density at radius 1 is 1.27 bits per heavy atom. The minimum atomic E-state index is -0.436. The molecule has 2 N–H and O–H groups in total. The van der Waals surface area contributed by atoms with Gasteiger partial charge >= 0.3 is 5.97 Å². The number of rotatable bonds is 6. The number of benzene rings is 1. The van der Waals surface area contributed by atoms with Crippen molar-refractivity contribution in [1.29, 1.82) is 0 Å². The van der Waals surface area contributed by atoms with Crippen LogP contribution >= 0.6 is 24.0 Å². The summed E-state index contributed by atoms with van der Waals surface area (Å²) in [6, 6.07) is 5.29. The molecule has 0 aliphatic rings. The number of aliphatic imine (C=N–C) groups is 1. The Kier molecular flexibility index (Phi) is 9.55. The van der Waals surface area contributed by atoms with Crippen molar-refractivity contribution in [1.82, 2.24) is 4.90 Å². The number of methoxy groups -OCH3 is 2. The first kappa shape index (κ1) is 20.5. The average Bonchev–Trinajstić information content (AvgIpc) is 2.52. The van der Waals surface area contributed by atoms with Crippen LogP contribution in [0.25, 0.3) is 0 Å². The number of hydrogen-bond acceptors (Lipinski definition) is 4. The van der Waals surface area contributed by atoms with E-state index in [1.807, 2.05) is 24.8 Å². The highest BCUT2D eigenvalue weighted by atomic mass is 127. The molecule has 0 aliphatic heterocycles. The minimum absolute atomic E-state index is 0. The molecular formula is C15H24IN3O3. The second-order valence-corrected chi connectivity index (χ2v) is 4.37. The lowest BCUT2D eigenvalue weighted by Crippen LogP contribution is -2.37. The number of ether oxygens (including phenoxy) is 2. The summed E-state index contributed by atoms with van der Waals surface area (Å²) in [4.78, 5) is 18.0. The zero-order chi connectivity index (χ0) is 15.8. The van der Waals surface area contributed by atoms with E-state index in [4.69, 9.17) is 15.2 Å². The van der Waals surface area contributed by atoms with Crippen molar-refractivity contribution in [2.45, 2.75) is 20.4 Å². The lowest BCUT2D eigenvalue weighted by molar-refractivity contribution is 0.0597. The first-order chi connectivity index (χ1) is 10.1. The van der Waals surface area contributed by atoms with Crippen molar-refractivity contribution in [2.75, 3.05) is 27.3 Å². The van der Waals surface area contributed by atoms with Crippen LogP contribution in [0.3, 0.4) is 0 Å². The molecule has 1 rings (SSSR count). The fourth-order valence-electron chi connectivity index (χ4n) is 1.94. The maximum Gasteiger partial charge on any atom is 0.341 e. The van der Waals surface area contributed by atoms with Gasteiger partial charge in [-0.3, -0.25) is 0 Å². The van der Waals surface area contributed by atoms with E-state index in [2.05, 4.69) is 4.99 Å². The molecule has 22 heavy (non-hydrogen) atoms. The van der Waals surface area contributed by atoms with Crippen LogP contribution in [0.5, 0.6) is 5.75 Å². The molecule has 1 aromatic rings. The molecule has 0 bridgehead atoms. The third kappa shape index (κ3) is 5.36. The van der Waals surface area contributed by atoms with Gasteiger partial charge in [0.2, 0.25) is 0 Å². The molecule has 0 aromatic heterocycles. The van der Waals surface area contributed by atoms with Gasteiger partial charge in [-0.25, -0.2) is 9.79 Å². The van der Waals surface area contributed by atoms with Gasteiger partial charge in [0.1, 0.15) is 11.3 Å². The topological polar surface area (TPSA) is 77.1 Å². The van der Waals surface area contributed by atoms with Crippen molar-refractivity contribution < 1.29 is 14.3 Å². The number of halogens is 1. The fraction of sp³-hybridized carbons (Fsp3) is 0.467. The number of nitrogens with zero attached hydrogens (tertiary/aromatic N) is 2. The molecule has 0 amide bonds. The lowest BCUT2D eigenvalue weighted by Gasteiger charge is -2.19. The van der Waals surface area contributed by atoms with Crippen molar-refractivity contribution >= 4 is 35.9 Å². The molecule has 0 unspecified atom stereocenters. The Labute approximate surface area is 148 Å². The molecule has 0 saturated carbocycles. The lowest BCUT2D eigenvalue weighted by atomic mass is 10.1. The van der Waals surface area contributed by atoms with Crippen molar-refractivity contribution in [3.8, 4) is 5.75 Å². The molecule has 0 spiro atoms. The van der Waals surface area contributed by atoms with Crippen LogP contribution in [0.2, 0.25) is 0 Å². The Bertz CT molecular complexity index is 517. The van der Waals surface area contributed by atoms with Gasteiger partial charge in [0.25, 0.3) is 0 Å². The molecule has 0 atom stereocenters. The summed E-state index contributed by atoms with van der Waals surface area (Å²) >= 11 is 0. The van der Waals surface area contributed by atoms with Gasteiger partial charge in [0.05, 0.1) is 20.8 Å². The highest BCUT2D eigenvalue weighted by Gasteiger charge is 2.13. The van der Waals surface area contributed by atoms with E-state index in [9.17, 15) is 4.79 Å². The third-order valence-electron chi connectivity index (χ3n) is 3.18. The van der Waals surface area contributed by atoms with Crippen molar-refractivity contribution in [3.63, 3.8) is 0 Å². The predicted molar refractivity (Wildman–Crippen MR) is 98.0 cm³/mol. The van der Waals surface area contributed by atoms with E-state index < -0.39 is 5.97 Å². The van der Waals surface area contributed by atoms with Crippen molar-refractivity contribution in [2.24, 2.45) is 10.7 Å². The summed E-state index contributed by atoms with van der Waals surface area (Å²) in [6.07, 6.45) is 0. The number of nitrogens with two attached hydrogens (primary N) is 1. The smallest absolute Gasteiger partial charge is 0.341 e. The number of guanidine groups is 1. The number of carbonyl (C=O) groups is 1. The third-order valence-corrected chi connectivity index (χ3v) is 3.18.